The second kappa shape index (κ2) is 6.55. The number of halogens is 1. The smallest absolute Gasteiger partial charge is 0.260 e. The quantitative estimate of drug-likeness (QED) is 0.410. The zero-order valence-corrected chi connectivity index (χ0v) is 15.7. The molecule has 0 radical (unpaired) electrons. The van der Waals surface area contributed by atoms with Crippen molar-refractivity contribution in [3.63, 3.8) is 0 Å². The van der Waals surface area contributed by atoms with E-state index in [1.165, 1.54) is 38.5 Å². The summed E-state index contributed by atoms with van der Waals surface area (Å²) < 4.78 is 5.81. The van der Waals surface area contributed by atoms with Crippen molar-refractivity contribution in [1.29, 1.82) is 0 Å². The van der Waals surface area contributed by atoms with E-state index < -0.39 is 6.62 Å². The van der Waals surface area contributed by atoms with Crippen LogP contribution in [0.3, 0.4) is 0 Å². The summed E-state index contributed by atoms with van der Waals surface area (Å²) in [5.74, 6) is 0. The van der Waals surface area contributed by atoms with Crippen LogP contribution in [0.25, 0.3) is 0 Å². The van der Waals surface area contributed by atoms with Crippen molar-refractivity contribution < 1.29 is 0 Å². The summed E-state index contributed by atoms with van der Waals surface area (Å²) in [6.45, 7) is 8.85. The summed E-state index contributed by atoms with van der Waals surface area (Å²) in [5, 5.41) is 0. The summed E-state index contributed by atoms with van der Waals surface area (Å²) in [5.41, 5.74) is 0. The Morgan fingerprint density at radius 2 is 1.00 bits per heavy atom. The van der Waals surface area contributed by atoms with Gasteiger partial charge in [-0.15, -0.1) is 0 Å². The van der Waals surface area contributed by atoms with Crippen molar-refractivity contribution in [3.8, 4) is 0 Å². The molecule has 0 aromatic rings. The molecule has 2 aliphatic heterocycles. The second-order valence-corrected chi connectivity index (χ2v) is 11.6. The largest absolute Gasteiger partial charge is 0.301 e. The molecule has 2 fully saturated rings. The highest BCUT2D eigenvalue weighted by Crippen LogP contribution is 2.32. The van der Waals surface area contributed by atoms with Gasteiger partial charge in [-0.3, -0.25) is 0 Å². The molecule has 2 rings (SSSR count). The highest BCUT2D eigenvalue weighted by Gasteiger charge is 2.39. The lowest BCUT2D eigenvalue weighted by molar-refractivity contribution is 0.146. The first-order chi connectivity index (χ1) is 8.52. The monoisotopic (exact) mass is 380 g/mol. The van der Waals surface area contributed by atoms with Crippen LogP contribution in [0.5, 0.6) is 0 Å². The molecule has 4 atom stereocenters. The predicted octanol–water partition coefficient (Wildman–Crippen LogP) is 3.66. The van der Waals surface area contributed by atoms with E-state index in [1.807, 2.05) is 0 Å². The summed E-state index contributed by atoms with van der Waals surface area (Å²) in [7, 11) is 0. The average molecular weight is 380 g/mol. The first kappa shape index (κ1) is 15.3. The van der Waals surface area contributed by atoms with Gasteiger partial charge in [0.05, 0.1) is 0 Å². The van der Waals surface area contributed by atoms with Gasteiger partial charge in [-0.1, -0.05) is 62.3 Å². The molecule has 0 spiro atoms. The summed E-state index contributed by atoms with van der Waals surface area (Å²) in [6, 6.07) is 3.24. The maximum Gasteiger partial charge on any atom is 0.260 e. The van der Waals surface area contributed by atoms with E-state index in [1.54, 1.807) is 0 Å². The van der Waals surface area contributed by atoms with Gasteiger partial charge in [0, 0.05) is 24.2 Å². The average Bonchev–Trinajstić information content (AvgIpc) is 2.28. The van der Waals surface area contributed by atoms with Crippen LogP contribution in [0.15, 0.2) is 0 Å². The van der Waals surface area contributed by atoms with Crippen LogP contribution >= 0.6 is 21.8 Å². The number of nitrogens with zero attached hydrogens (tertiary/aromatic N) is 2. The second-order valence-electron chi connectivity index (χ2n) is 6.46. The normalized spacial score (nSPS) is 41.8. The molecule has 0 aromatic carbocycles. The molecular weight excluding hydrogens is 351 g/mol. The van der Waals surface area contributed by atoms with Crippen molar-refractivity contribution in [2.24, 2.45) is 0 Å². The minimum Gasteiger partial charge on any atom is -0.301 e. The third kappa shape index (κ3) is 3.12. The standard InChI is InChI=1S/C14H29IN2Si/c1-11-7-5-8-12(2)16(11)18(15)17-13(3)9-6-10-14(17)4/h11-14,18H,5-10H2,1-4H3. The molecule has 2 saturated heterocycles. The number of piperidine rings is 2. The van der Waals surface area contributed by atoms with E-state index >= 15 is 0 Å². The van der Waals surface area contributed by atoms with Gasteiger partial charge in [-0.05, 0) is 25.7 Å². The van der Waals surface area contributed by atoms with E-state index in [0.717, 1.165) is 24.2 Å². The van der Waals surface area contributed by atoms with E-state index in [4.69, 9.17) is 0 Å². The summed E-state index contributed by atoms with van der Waals surface area (Å²) in [4.78, 5) is 0. The maximum atomic E-state index is 2.91. The minimum absolute atomic E-state index is 0.809. The summed E-state index contributed by atoms with van der Waals surface area (Å²) >= 11 is 2.83. The Balaban J connectivity index is 2.10. The lowest BCUT2D eigenvalue weighted by atomic mass is 10.0. The van der Waals surface area contributed by atoms with Gasteiger partial charge in [0.15, 0.2) is 0 Å². The Hall–Kier alpha value is 0.867. The van der Waals surface area contributed by atoms with E-state index in [0.29, 0.717) is 0 Å². The van der Waals surface area contributed by atoms with Crippen LogP contribution in [0.4, 0.5) is 0 Å². The minimum atomic E-state index is -0.960. The molecule has 4 unspecified atom stereocenters. The molecule has 2 heterocycles. The van der Waals surface area contributed by atoms with E-state index in [9.17, 15) is 0 Å². The van der Waals surface area contributed by atoms with Crippen LogP contribution < -0.4 is 0 Å². The van der Waals surface area contributed by atoms with Crippen LogP contribution in [0, 0.1) is 0 Å². The maximum absolute atomic E-state index is 2.91. The van der Waals surface area contributed by atoms with Gasteiger partial charge in [0.2, 0.25) is 0 Å². The van der Waals surface area contributed by atoms with Crippen molar-refractivity contribution in [3.05, 3.63) is 0 Å². The van der Waals surface area contributed by atoms with Gasteiger partial charge in [0.25, 0.3) is 6.62 Å². The topological polar surface area (TPSA) is 6.48 Å². The Morgan fingerprint density at radius 3 is 1.28 bits per heavy atom. The molecule has 0 aliphatic carbocycles. The Kier molecular flexibility index (Phi) is 5.55. The van der Waals surface area contributed by atoms with Crippen LogP contribution in [0.2, 0.25) is 0 Å². The van der Waals surface area contributed by atoms with E-state index in [2.05, 4.69) is 58.6 Å². The zero-order chi connectivity index (χ0) is 13.3. The van der Waals surface area contributed by atoms with Crippen LogP contribution in [-0.2, 0) is 0 Å². The van der Waals surface area contributed by atoms with Crippen molar-refractivity contribution in [1.82, 2.24) is 9.13 Å². The highest BCUT2D eigenvalue weighted by atomic mass is 127. The fourth-order valence-corrected chi connectivity index (χ4v) is 13.0. The van der Waals surface area contributed by atoms with Gasteiger partial charge in [0.1, 0.15) is 0 Å². The zero-order valence-electron chi connectivity index (χ0n) is 12.4. The number of rotatable bonds is 2. The Morgan fingerprint density at radius 1 is 0.722 bits per heavy atom. The molecular formula is C14H29IN2Si. The predicted molar refractivity (Wildman–Crippen MR) is 90.4 cm³/mol. The molecule has 2 aliphatic rings. The van der Waals surface area contributed by atoms with Gasteiger partial charge in [-0.25, -0.2) is 0 Å². The lowest BCUT2D eigenvalue weighted by Crippen LogP contribution is -2.62. The molecule has 0 N–H and O–H groups in total. The van der Waals surface area contributed by atoms with Gasteiger partial charge >= 0.3 is 0 Å². The third-order valence-corrected chi connectivity index (χ3v) is 11.9. The first-order valence-electron chi connectivity index (χ1n) is 7.71. The van der Waals surface area contributed by atoms with Crippen LogP contribution in [0.1, 0.15) is 66.2 Å². The molecule has 2 nitrogen and oxygen atoms in total. The highest BCUT2D eigenvalue weighted by molar-refractivity contribution is 14.1. The van der Waals surface area contributed by atoms with Crippen molar-refractivity contribution >= 4 is 28.4 Å². The summed E-state index contributed by atoms with van der Waals surface area (Å²) in [6.07, 6.45) is 8.51. The third-order valence-electron chi connectivity index (χ3n) is 5.02. The first-order valence-corrected chi connectivity index (χ1v) is 12.9. The van der Waals surface area contributed by atoms with Crippen molar-refractivity contribution in [2.75, 3.05) is 0 Å². The molecule has 0 aromatic heterocycles. The van der Waals surface area contributed by atoms with Crippen LogP contribution in [-0.4, -0.2) is 39.9 Å². The fourth-order valence-electron chi connectivity index (χ4n) is 3.88. The molecule has 106 valence electrons. The number of hydrogen-bond donors (Lipinski definition) is 0. The molecule has 0 bridgehead atoms. The molecule has 0 amide bonds. The molecule has 0 saturated carbocycles. The van der Waals surface area contributed by atoms with Gasteiger partial charge < -0.3 is 9.13 Å². The lowest BCUT2D eigenvalue weighted by Gasteiger charge is -2.50. The van der Waals surface area contributed by atoms with Crippen molar-refractivity contribution in [2.45, 2.75) is 90.4 Å². The van der Waals surface area contributed by atoms with Gasteiger partial charge in [-0.2, -0.15) is 0 Å². The van der Waals surface area contributed by atoms with E-state index in [-0.39, 0.29) is 0 Å². The number of hydrogen-bond acceptors (Lipinski definition) is 2. The Labute approximate surface area is 127 Å². The fraction of sp³-hybridized carbons (Fsp3) is 1.00. The molecule has 18 heavy (non-hydrogen) atoms. The SMILES string of the molecule is CC1CCCC(C)N1[SiH](I)N1C(C)CCCC1C. The molecule has 4 heteroatoms. The Bertz CT molecular complexity index is 231.